The minimum atomic E-state index is -0.536. The minimum absolute atomic E-state index is 0.116. The van der Waals surface area contributed by atoms with Crippen molar-refractivity contribution in [2.45, 2.75) is 17.1 Å². The summed E-state index contributed by atoms with van der Waals surface area (Å²) in [5.41, 5.74) is 0.243. The van der Waals surface area contributed by atoms with Crippen molar-refractivity contribution >= 4 is 40.6 Å². The quantitative estimate of drug-likeness (QED) is 0.500. The number of halogens is 1. The lowest BCUT2D eigenvalue weighted by molar-refractivity contribution is -0.384. The molecule has 5 nitrogen and oxygen atoms in total. The Morgan fingerprint density at radius 3 is 2.55 bits per heavy atom. The molecule has 0 aliphatic rings. The summed E-state index contributed by atoms with van der Waals surface area (Å²) in [6, 6.07) is 13.5. The van der Waals surface area contributed by atoms with Crippen LogP contribution < -0.4 is 5.32 Å². The number of rotatable bonds is 5. The van der Waals surface area contributed by atoms with E-state index in [1.165, 1.54) is 30.0 Å². The van der Waals surface area contributed by atoms with E-state index in [9.17, 15) is 14.9 Å². The second-order valence-corrected chi connectivity index (χ2v) is 6.31. The number of carbonyl (C=O) groups is 1. The van der Waals surface area contributed by atoms with Gasteiger partial charge in [-0.2, -0.15) is 0 Å². The van der Waals surface area contributed by atoms with Gasteiger partial charge in [0.15, 0.2) is 0 Å². The molecule has 0 heterocycles. The number of nitrogens with one attached hydrogen (secondary N) is 1. The van der Waals surface area contributed by atoms with Crippen molar-refractivity contribution in [2.24, 2.45) is 0 Å². The minimum Gasteiger partial charge on any atom is -0.324 e. The Morgan fingerprint density at radius 2 is 1.95 bits per heavy atom. The predicted octanol–water partition coefficient (Wildman–Crippen LogP) is 4.37. The highest BCUT2D eigenvalue weighted by Gasteiger charge is 2.17. The number of thioether (sulfide) groups is 1. The van der Waals surface area contributed by atoms with E-state index in [4.69, 9.17) is 11.6 Å². The molecule has 0 aliphatic heterocycles. The van der Waals surface area contributed by atoms with Gasteiger partial charge in [0.05, 0.1) is 20.9 Å². The molecule has 2 rings (SSSR count). The SMILES string of the molecule is CC(Sc1ccccc1)C(=O)Nc1ccc([N+](=O)[O-])cc1Cl. The lowest BCUT2D eigenvalue weighted by Crippen LogP contribution is -2.22. The Labute approximate surface area is 136 Å². The van der Waals surface area contributed by atoms with Gasteiger partial charge >= 0.3 is 0 Å². The first kappa shape index (κ1) is 16.3. The largest absolute Gasteiger partial charge is 0.324 e. The zero-order chi connectivity index (χ0) is 16.1. The molecule has 0 bridgehead atoms. The van der Waals surface area contributed by atoms with E-state index in [1.54, 1.807) is 6.92 Å². The molecule has 22 heavy (non-hydrogen) atoms. The first-order valence-corrected chi connectivity index (χ1v) is 7.69. The molecule has 1 N–H and O–H groups in total. The molecule has 0 spiro atoms. The van der Waals surface area contributed by atoms with Gasteiger partial charge in [0, 0.05) is 17.0 Å². The Morgan fingerprint density at radius 1 is 1.27 bits per heavy atom. The van der Waals surface area contributed by atoms with Crippen LogP contribution in [0, 0.1) is 10.1 Å². The van der Waals surface area contributed by atoms with E-state index in [-0.39, 0.29) is 21.9 Å². The number of non-ortho nitro benzene ring substituents is 1. The van der Waals surface area contributed by atoms with Crippen LogP contribution in [0.15, 0.2) is 53.4 Å². The van der Waals surface area contributed by atoms with E-state index in [0.29, 0.717) is 5.69 Å². The molecule has 2 aromatic rings. The summed E-state index contributed by atoms with van der Waals surface area (Å²) in [6.45, 7) is 1.78. The maximum absolute atomic E-state index is 12.2. The van der Waals surface area contributed by atoms with Gasteiger partial charge in [0.25, 0.3) is 5.69 Å². The highest BCUT2D eigenvalue weighted by atomic mass is 35.5. The molecule has 0 saturated carbocycles. The highest BCUT2D eigenvalue weighted by molar-refractivity contribution is 8.00. The molecule has 0 aromatic heterocycles. The summed E-state index contributed by atoms with van der Waals surface area (Å²) in [7, 11) is 0. The molecule has 0 fully saturated rings. The zero-order valence-electron chi connectivity index (χ0n) is 11.7. The van der Waals surface area contributed by atoms with E-state index in [2.05, 4.69) is 5.32 Å². The molecule has 1 unspecified atom stereocenters. The number of anilines is 1. The number of nitro groups is 1. The van der Waals surface area contributed by atoms with Crippen molar-refractivity contribution in [2.75, 3.05) is 5.32 Å². The number of hydrogen-bond acceptors (Lipinski definition) is 4. The summed E-state index contributed by atoms with van der Waals surface area (Å²) >= 11 is 7.38. The van der Waals surface area contributed by atoms with Gasteiger partial charge < -0.3 is 5.32 Å². The molecular weight excluding hydrogens is 324 g/mol. The number of nitro benzene ring substituents is 1. The highest BCUT2D eigenvalue weighted by Crippen LogP contribution is 2.28. The van der Waals surface area contributed by atoms with Crippen LogP contribution in [-0.2, 0) is 4.79 Å². The van der Waals surface area contributed by atoms with E-state index in [0.717, 1.165) is 4.90 Å². The lowest BCUT2D eigenvalue weighted by Gasteiger charge is -2.12. The second-order valence-electron chi connectivity index (χ2n) is 4.48. The number of carbonyl (C=O) groups excluding carboxylic acids is 1. The van der Waals surface area contributed by atoms with Crippen molar-refractivity contribution < 1.29 is 9.72 Å². The lowest BCUT2D eigenvalue weighted by atomic mass is 10.2. The van der Waals surface area contributed by atoms with Crippen LogP contribution in [0.5, 0.6) is 0 Å². The predicted molar refractivity (Wildman–Crippen MR) is 88.5 cm³/mol. The van der Waals surface area contributed by atoms with Crippen LogP contribution in [-0.4, -0.2) is 16.1 Å². The number of amides is 1. The topological polar surface area (TPSA) is 72.2 Å². The van der Waals surface area contributed by atoms with Gasteiger partial charge in [-0.05, 0) is 25.1 Å². The molecule has 114 valence electrons. The van der Waals surface area contributed by atoms with E-state index >= 15 is 0 Å². The van der Waals surface area contributed by atoms with Crippen LogP contribution in [0.1, 0.15) is 6.92 Å². The average Bonchev–Trinajstić information content (AvgIpc) is 2.50. The average molecular weight is 337 g/mol. The maximum Gasteiger partial charge on any atom is 0.271 e. The van der Waals surface area contributed by atoms with Crippen molar-refractivity contribution in [3.63, 3.8) is 0 Å². The Hall–Kier alpha value is -2.05. The molecular formula is C15H13ClN2O3S. The third-order valence-corrected chi connectivity index (χ3v) is 4.27. The molecule has 2 aromatic carbocycles. The third-order valence-electron chi connectivity index (χ3n) is 2.85. The molecule has 1 amide bonds. The van der Waals surface area contributed by atoms with Gasteiger partial charge in [-0.3, -0.25) is 14.9 Å². The first-order valence-electron chi connectivity index (χ1n) is 6.44. The molecule has 0 radical (unpaired) electrons. The number of nitrogens with zero attached hydrogens (tertiary/aromatic N) is 1. The second kappa shape index (κ2) is 7.29. The fourth-order valence-electron chi connectivity index (χ4n) is 1.71. The van der Waals surface area contributed by atoms with Crippen molar-refractivity contribution in [3.05, 3.63) is 63.7 Å². The molecule has 1 atom stereocenters. The molecule has 7 heteroatoms. The summed E-state index contributed by atoms with van der Waals surface area (Å²) in [6.07, 6.45) is 0. The van der Waals surface area contributed by atoms with Crippen LogP contribution in [0.2, 0.25) is 5.02 Å². The standard InChI is InChI=1S/C15H13ClN2O3S/c1-10(22-12-5-3-2-4-6-12)15(19)17-14-8-7-11(18(20)21)9-13(14)16/h2-10H,1H3,(H,17,19). The third kappa shape index (κ3) is 4.22. The molecule has 0 saturated heterocycles. The van der Waals surface area contributed by atoms with Gasteiger partial charge in [0.2, 0.25) is 5.91 Å². The monoisotopic (exact) mass is 336 g/mol. The summed E-state index contributed by atoms with van der Waals surface area (Å²) in [4.78, 5) is 23.3. The zero-order valence-corrected chi connectivity index (χ0v) is 13.2. The Bertz CT molecular complexity index is 694. The number of benzene rings is 2. The smallest absolute Gasteiger partial charge is 0.271 e. The normalized spacial score (nSPS) is 11.7. The van der Waals surface area contributed by atoms with E-state index in [1.807, 2.05) is 30.3 Å². The van der Waals surface area contributed by atoms with Crippen molar-refractivity contribution in [3.8, 4) is 0 Å². The summed E-state index contributed by atoms with van der Waals surface area (Å²) < 4.78 is 0. The summed E-state index contributed by atoms with van der Waals surface area (Å²) in [5, 5.41) is 13.1. The first-order chi connectivity index (χ1) is 10.5. The van der Waals surface area contributed by atoms with Crippen molar-refractivity contribution in [1.29, 1.82) is 0 Å². The fraction of sp³-hybridized carbons (Fsp3) is 0.133. The fourth-order valence-corrected chi connectivity index (χ4v) is 2.82. The van der Waals surface area contributed by atoms with Crippen LogP contribution >= 0.6 is 23.4 Å². The van der Waals surface area contributed by atoms with E-state index < -0.39 is 4.92 Å². The Kier molecular flexibility index (Phi) is 5.41. The van der Waals surface area contributed by atoms with Crippen LogP contribution in [0.25, 0.3) is 0 Å². The van der Waals surface area contributed by atoms with Gasteiger partial charge in [-0.15, -0.1) is 11.8 Å². The van der Waals surface area contributed by atoms with Crippen LogP contribution in [0.3, 0.4) is 0 Å². The van der Waals surface area contributed by atoms with Crippen molar-refractivity contribution in [1.82, 2.24) is 0 Å². The number of hydrogen-bond donors (Lipinski definition) is 1. The van der Waals surface area contributed by atoms with Gasteiger partial charge in [0.1, 0.15) is 0 Å². The molecule has 0 aliphatic carbocycles. The van der Waals surface area contributed by atoms with Gasteiger partial charge in [-0.25, -0.2) is 0 Å². The van der Waals surface area contributed by atoms with Crippen LogP contribution in [0.4, 0.5) is 11.4 Å². The Balaban J connectivity index is 2.04. The van der Waals surface area contributed by atoms with Gasteiger partial charge in [-0.1, -0.05) is 29.8 Å². The summed E-state index contributed by atoms with van der Waals surface area (Å²) in [5.74, 6) is -0.218. The maximum atomic E-state index is 12.2.